The molecule has 7 heteroatoms. The van der Waals surface area contributed by atoms with Gasteiger partial charge >= 0.3 is 0 Å². The second-order valence-electron chi connectivity index (χ2n) is 5.00. The maximum absolute atomic E-state index is 11.8. The van der Waals surface area contributed by atoms with Crippen molar-refractivity contribution in [1.29, 1.82) is 0 Å². The SMILES string of the molecule is Cc1cc(OCC(=O)N(C)C2CC2)ccc1S(N)(=O)=O. The molecule has 0 aromatic heterocycles. The lowest BCUT2D eigenvalue weighted by Gasteiger charge is -2.16. The van der Waals surface area contributed by atoms with Crippen molar-refractivity contribution in [3.8, 4) is 5.75 Å². The van der Waals surface area contributed by atoms with Crippen LogP contribution in [0.3, 0.4) is 0 Å². The number of amides is 1. The first-order chi connectivity index (χ1) is 9.29. The fourth-order valence-electron chi connectivity index (χ4n) is 1.94. The highest BCUT2D eigenvalue weighted by Gasteiger charge is 2.29. The maximum Gasteiger partial charge on any atom is 0.260 e. The first-order valence-corrected chi connectivity index (χ1v) is 7.85. The van der Waals surface area contributed by atoms with Crippen LogP contribution in [-0.4, -0.2) is 38.9 Å². The molecule has 1 aliphatic rings. The Morgan fingerprint density at radius 3 is 2.60 bits per heavy atom. The number of carbonyl (C=O) groups excluding carboxylic acids is 1. The highest BCUT2D eigenvalue weighted by molar-refractivity contribution is 7.89. The molecule has 20 heavy (non-hydrogen) atoms. The molecular formula is C13H18N2O4S. The Labute approximate surface area is 118 Å². The highest BCUT2D eigenvalue weighted by Crippen LogP contribution is 2.25. The Hall–Kier alpha value is -1.60. The molecule has 0 radical (unpaired) electrons. The largest absolute Gasteiger partial charge is 0.484 e. The zero-order valence-corrected chi connectivity index (χ0v) is 12.3. The summed E-state index contributed by atoms with van der Waals surface area (Å²) < 4.78 is 27.9. The summed E-state index contributed by atoms with van der Waals surface area (Å²) in [6.07, 6.45) is 2.09. The molecule has 6 nitrogen and oxygen atoms in total. The van der Waals surface area contributed by atoms with Gasteiger partial charge in [0.2, 0.25) is 10.0 Å². The van der Waals surface area contributed by atoms with Crippen molar-refractivity contribution in [3.63, 3.8) is 0 Å². The molecule has 1 aliphatic carbocycles. The molecule has 0 aliphatic heterocycles. The molecule has 1 amide bonds. The summed E-state index contributed by atoms with van der Waals surface area (Å²) in [6, 6.07) is 4.79. The van der Waals surface area contributed by atoms with Crippen LogP contribution >= 0.6 is 0 Å². The third-order valence-corrected chi connectivity index (χ3v) is 4.37. The average molecular weight is 298 g/mol. The van der Waals surface area contributed by atoms with E-state index in [4.69, 9.17) is 9.88 Å². The van der Waals surface area contributed by atoms with Gasteiger partial charge in [-0.2, -0.15) is 0 Å². The van der Waals surface area contributed by atoms with Crippen molar-refractivity contribution in [2.75, 3.05) is 13.7 Å². The van der Waals surface area contributed by atoms with Crippen LogP contribution in [0.15, 0.2) is 23.1 Å². The van der Waals surface area contributed by atoms with E-state index in [1.807, 2.05) is 0 Å². The van der Waals surface area contributed by atoms with Crippen LogP contribution in [0.25, 0.3) is 0 Å². The smallest absolute Gasteiger partial charge is 0.260 e. The van der Waals surface area contributed by atoms with E-state index in [1.54, 1.807) is 24.9 Å². The monoisotopic (exact) mass is 298 g/mol. The third kappa shape index (κ3) is 3.49. The van der Waals surface area contributed by atoms with Crippen LogP contribution < -0.4 is 9.88 Å². The van der Waals surface area contributed by atoms with Crippen molar-refractivity contribution in [1.82, 2.24) is 4.90 Å². The topological polar surface area (TPSA) is 89.7 Å². The van der Waals surface area contributed by atoms with Crippen LogP contribution in [0.5, 0.6) is 5.75 Å². The second kappa shape index (κ2) is 5.41. The van der Waals surface area contributed by atoms with E-state index in [-0.39, 0.29) is 17.4 Å². The van der Waals surface area contributed by atoms with Gasteiger partial charge in [-0.1, -0.05) is 0 Å². The number of rotatable bonds is 5. The fourth-order valence-corrected chi connectivity index (χ4v) is 2.71. The predicted octanol–water partition coefficient (Wildman–Crippen LogP) is 0.642. The molecule has 0 saturated heterocycles. The minimum atomic E-state index is -3.73. The van der Waals surface area contributed by atoms with Crippen molar-refractivity contribution >= 4 is 15.9 Å². The Kier molecular flexibility index (Phi) is 4.01. The number of ether oxygens (including phenoxy) is 1. The van der Waals surface area contributed by atoms with E-state index in [9.17, 15) is 13.2 Å². The van der Waals surface area contributed by atoms with Crippen LogP contribution in [0.1, 0.15) is 18.4 Å². The number of hydrogen-bond acceptors (Lipinski definition) is 4. The van der Waals surface area contributed by atoms with Gasteiger partial charge in [-0.25, -0.2) is 13.6 Å². The number of sulfonamides is 1. The van der Waals surface area contributed by atoms with E-state index in [0.29, 0.717) is 17.4 Å². The third-order valence-electron chi connectivity index (χ3n) is 3.30. The Morgan fingerprint density at radius 1 is 1.45 bits per heavy atom. The van der Waals surface area contributed by atoms with Crippen molar-refractivity contribution in [2.24, 2.45) is 5.14 Å². The van der Waals surface area contributed by atoms with Crippen molar-refractivity contribution in [2.45, 2.75) is 30.7 Å². The summed E-state index contributed by atoms with van der Waals surface area (Å²) >= 11 is 0. The molecule has 0 bridgehead atoms. The Balaban J connectivity index is 2.00. The summed E-state index contributed by atoms with van der Waals surface area (Å²) in [5.74, 6) is 0.369. The van der Waals surface area contributed by atoms with E-state index in [0.717, 1.165) is 12.8 Å². The van der Waals surface area contributed by atoms with Gasteiger partial charge in [-0.15, -0.1) is 0 Å². The van der Waals surface area contributed by atoms with Gasteiger partial charge in [0.1, 0.15) is 5.75 Å². The zero-order valence-electron chi connectivity index (χ0n) is 11.5. The maximum atomic E-state index is 11.8. The van der Waals surface area contributed by atoms with Gasteiger partial charge in [0.25, 0.3) is 5.91 Å². The number of aryl methyl sites for hydroxylation is 1. The normalized spacial score (nSPS) is 14.9. The fraction of sp³-hybridized carbons (Fsp3) is 0.462. The minimum Gasteiger partial charge on any atom is -0.484 e. The van der Waals surface area contributed by atoms with E-state index in [1.165, 1.54) is 12.1 Å². The number of nitrogens with two attached hydrogens (primary N) is 1. The molecule has 1 aromatic carbocycles. The van der Waals surface area contributed by atoms with Crippen LogP contribution in [0, 0.1) is 6.92 Å². The highest BCUT2D eigenvalue weighted by atomic mass is 32.2. The average Bonchev–Trinajstić information content (AvgIpc) is 3.17. The van der Waals surface area contributed by atoms with E-state index in [2.05, 4.69) is 0 Å². The quantitative estimate of drug-likeness (QED) is 0.864. The predicted molar refractivity (Wildman–Crippen MR) is 73.8 cm³/mol. The molecular weight excluding hydrogens is 280 g/mol. The summed E-state index contributed by atoms with van der Waals surface area (Å²) in [4.78, 5) is 13.5. The van der Waals surface area contributed by atoms with Crippen LogP contribution in [-0.2, 0) is 14.8 Å². The van der Waals surface area contributed by atoms with Gasteiger partial charge in [0.15, 0.2) is 6.61 Å². The molecule has 0 unspecified atom stereocenters. The lowest BCUT2D eigenvalue weighted by atomic mass is 10.2. The van der Waals surface area contributed by atoms with Gasteiger partial charge in [-0.05, 0) is 43.5 Å². The standard InChI is InChI=1S/C13H18N2O4S/c1-9-7-11(5-6-12(9)20(14,17)18)19-8-13(16)15(2)10-3-4-10/h5-7,10H,3-4,8H2,1-2H3,(H2,14,17,18). The van der Waals surface area contributed by atoms with Crippen LogP contribution in [0.2, 0.25) is 0 Å². The molecule has 1 fully saturated rings. The van der Waals surface area contributed by atoms with Gasteiger partial charge in [0.05, 0.1) is 4.90 Å². The number of carbonyl (C=O) groups is 1. The summed E-state index contributed by atoms with van der Waals surface area (Å²) in [5, 5.41) is 5.08. The molecule has 0 atom stereocenters. The molecule has 1 saturated carbocycles. The summed E-state index contributed by atoms with van der Waals surface area (Å²) in [6.45, 7) is 1.58. The molecule has 0 spiro atoms. The number of likely N-dealkylation sites (N-methyl/N-ethyl adjacent to an activating group) is 1. The number of primary sulfonamides is 1. The van der Waals surface area contributed by atoms with E-state index < -0.39 is 10.0 Å². The van der Waals surface area contributed by atoms with Crippen LogP contribution in [0.4, 0.5) is 0 Å². The molecule has 2 rings (SSSR count). The lowest BCUT2D eigenvalue weighted by Crippen LogP contribution is -2.33. The first-order valence-electron chi connectivity index (χ1n) is 6.31. The molecule has 2 N–H and O–H groups in total. The van der Waals surface area contributed by atoms with Gasteiger partial charge in [0, 0.05) is 13.1 Å². The Morgan fingerprint density at radius 2 is 2.10 bits per heavy atom. The molecule has 0 heterocycles. The number of benzene rings is 1. The minimum absolute atomic E-state index is 0.0544. The second-order valence-corrected chi connectivity index (χ2v) is 6.53. The van der Waals surface area contributed by atoms with Gasteiger partial charge in [-0.3, -0.25) is 4.79 Å². The van der Waals surface area contributed by atoms with E-state index >= 15 is 0 Å². The lowest BCUT2D eigenvalue weighted by molar-refractivity contribution is -0.132. The number of nitrogens with zero attached hydrogens (tertiary/aromatic N) is 1. The Bertz CT molecular complexity index is 623. The zero-order chi connectivity index (χ0) is 14.9. The summed E-state index contributed by atoms with van der Waals surface area (Å²) in [5.41, 5.74) is 0.494. The van der Waals surface area contributed by atoms with Crippen molar-refractivity contribution in [3.05, 3.63) is 23.8 Å². The van der Waals surface area contributed by atoms with Gasteiger partial charge < -0.3 is 9.64 Å². The number of hydrogen-bond donors (Lipinski definition) is 1. The first kappa shape index (κ1) is 14.8. The molecule has 1 aromatic rings. The van der Waals surface area contributed by atoms with Crippen molar-refractivity contribution < 1.29 is 17.9 Å². The summed E-state index contributed by atoms with van der Waals surface area (Å²) in [7, 11) is -1.97. The molecule has 110 valence electrons.